The lowest BCUT2D eigenvalue weighted by Crippen LogP contribution is -2.40. The van der Waals surface area contributed by atoms with Gasteiger partial charge in [0.05, 0.1) is 6.10 Å². The Balaban J connectivity index is 2.52. The number of hydrogen-bond donors (Lipinski definition) is 1. The molecule has 0 aromatic rings. The summed E-state index contributed by atoms with van der Waals surface area (Å²) in [5.74, 6) is 0.618. The van der Waals surface area contributed by atoms with Crippen LogP contribution in [0.1, 0.15) is 13.3 Å². The van der Waals surface area contributed by atoms with Crippen molar-refractivity contribution in [2.24, 2.45) is 10.7 Å². The van der Waals surface area contributed by atoms with Crippen LogP contribution in [0.2, 0.25) is 0 Å². The number of guanidine groups is 1. The first-order valence-corrected chi connectivity index (χ1v) is 4.33. The molecule has 1 aliphatic rings. The van der Waals surface area contributed by atoms with Crippen LogP contribution < -0.4 is 5.73 Å². The minimum absolute atomic E-state index is 0.257. The van der Waals surface area contributed by atoms with E-state index in [9.17, 15) is 0 Å². The second-order valence-corrected chi connectivity index (χ2v) is 3.06. The van der Waals surface area contributed by atoms with Crippen molar-refractivity contribution in [3.8, 4) is 0 Å². The average Bonchev–Trinajstić information content (AvgIpc) is 2.28. The van der Waals surface area contributed by atoms with E-state index in [0.29, 0.717) is 5.96 Å². The monoisotopic (exact) mass is 171 g/mol. The van der Waals surface area contributed by atoms with Gasteiger partial charge < -0.3 is 15.4 Å². The Morgan fingerprint density at radius 1 is 1.67 bits per heavy atom. The van der Waals surface area contributed by atoms with Gasteiger partial charge in [0.2, 0.25) is 0 Å². The van der Waals surface area contributed by atoms with Gasteiger partial charge >= 0.3 is 0 Å². The molecule has 1 heterocycles. The Bertz CT molecular complexity index is 170. The van der Waals surface area contributed by atoms with Crippen molar-refractivity contribution in [2.45, 2.75) is 19.4 Å². The highest BCUT2D eigenvalue weighted by atomic mass is 16.5. The molecule has 1 saturated heterocycles. The highest BCUT2D eigenvalue weighted by Gasteiger charge is 2.15. The molecular formula is C8H17N3O. The van der Waals surface area contributed by atoms with E-state index in [0.717, 1.165) is 26.1 Å². The third kappa shape index (κ3) is 2.37. The molecule has 0 aromatic carbocycles. The molecule has 4 heteroatoms. The first-order chi connectivity index (χ1) is 5.74. The number of aliphatic imine (C=N–C) groups is 1. The molecule has 4 nitrogen and oxygen atoms in total. The maximum absolute atomic E-state index is 5.70. The van der Waals surface area contributed by atoms with Gasteiger partial charge in [0.25, 0.3) is 0 Å². The third-order valence-electron chi connectivity index (χ3n) is 2.01. The van der Waals surface area contributed by atoms with Gasteiger partial charge in [-0.05, 0) is 13.3 Å². The summed E-state index contributed by atoms with van der Waals surface area (Å²) in [5.41, 5.74) is 5.70. The van der Waals surface area contributed by atoms with Crippen molar-refractivity contribution in [2.75, 3.05) is 26.7 Å². The zero-order valence-electron chi connectivity index (χ0n) is 7.79. The van der Waals surface area contributed by atoms with Gasteiger partial charge in [0.1, 0.15) is 0 Å². The summed E-state index contributed by atoms with van der Waals surface area (Å²) in [6, 6.07) is 0. The van der Waals surface area contributed by atoms with Crippen LogP contribution in [0.3, 0.4) is 0 Å². The number of nitrogens with two attached hydrogens (primary N) is 1. The van der Waals surface area contributed by atoms with Crippen LogP contribution in [0.15, 0.2) is 4.99 Å². The first kappa shape index (κ1) is 9.32. The fourth-order valence-corrected chi connectivity index (χ4v) is 1.34. The van der Waals surface area contributed by atoms with E-state index in [-0.39, 0.29) is 6.10 Å². The van der Waals surface area contributed by atoms with Crippen LogP contribution in [-0.2, 0) is 4.74 Å². The average molecular weight is 171 g/mol. The van der Waals surface area contributed by atoms with Gasteiger partial charge in [-0.1, -0.05) is 0 Å². The highest BCUT2D eigenvalue weighted by Crippen LogP contribution is 2.04. The summed E-state index contributed by atoms with van der Waals surface area (Å²) in [5, 5.41) is 0. The molecule has 12 heavy (non-hydrogen) atoms. The van der Waals surface area contributed by atoms with E-state index in [1.807, 2.05) is 0 Å². The van der Waals surface area contributed by atoms with Crippen molar-refractivity contribution in [1.82, 2.24) is 4.90 Å². The maximum Gasteiger partial charge on any atom is 0.191 e. The van der Waals surface area contributed by atoms with E-state index in [1.54, 1.807) is 7.05 Å². The summed E-state index contributed by atoms with van der Waals surface area (Å²) in [6.07, 6.45) is 1.29. The Morgan fingerprint density at radius 3 is 3.08 bits per heavy atom. The fraction of sp³-hybridized carbons (Fsp3) is 0.875. The van der Waals surface area contributed by atoms with Crippen LogP contribution in [0.25, 0.3) is 0 Å². The standard InChI is InChI=1S/C8H17N3O/c1-7-6-11(8(9)10-2)4-3-5-12-7/h7H,3-6H2,1-2H3,(H2,9,10). The van der Waals surface area contributed by atoms with Crippen LogP contribution in [0.5, 0.6) is 0 Å². The van der Waals surface area contributed by atoms with Gasteiger partial charge in [0.15, 0.2) is 5.96 Å². The van der Waals surface area contributed by atoms with Crippen molar-refractivity contribution >= 4 is 5.96 Å². The maximum atomic E-state index is 5.70. The van der Waals surface area contributed by atoms with E-state index >= 15 is 0 Å². The van der Waals surface area contributed by atoms with Crippen LogP contribution in [-0.4, -0.2) is 43.7 Å². The minimum Gasteiger partial charge on any atom is -0.377 e. The summed E-state index contributed by atoms with van der Waals surface area (Å²) < 4.78 is 5.48. The molecule has 1 fully saturated rings. The number of rotatable bonds is 0. The zero-order chi connectivity index (χ0) is 8.97. The molecule has 0 radical (unpaired) electrons. The van der Waals surface area contributed by atoms with Crippen molar-refractivity contribution in [3.05, 3.63) is 0 Å². The lowest BCUT2D eigenvalue weighted by molar-refractivity contribution is 0.0742. The largest absolute Gasteiger partial charge is 0.377 e. The summed E-state index contributed by atoms with van der Waals surface area (Å²) in [6.45, 7) is 4.69. The second kappa shape index (κ2) is 4.30. The molecule has 0 saturated carbocycles. The van der Waals surface area contributed by atoms with Crippen molar-refractivity contribution in [1.29, 1.82) is 0 Å². The summed E-state index contributed by atoms with van der Waals surface area (Å²) >= 11 is 0. The molecule has 1 rings (SSSR count). The topological polar surface area (TPSA) is 50.8 Å². The summed E-state index contributed by atoms with van der Waals surface area (Å²) in [4.78, 5) is 6.02. The lowest BCUT2D eigenvalue weighted by atomic mass is 10.3. The van der Waals surface area contributed by atoms with E-state index < -0.39 is 0 Å². The smallest absolute Gasteiger partial charge is 0.191 e. The van der Waals surface area contributed by atoms with Gasteiger partial charge in [-0.3, -0.25) is 4.99 Å². The number of hydrogen-bond acceptors (Lipinski definition) is 2. The third-order valence-corrected chi connectivity index (χ3v) is 2.01. The Kier molecular flexibility index (Phi) is 3.34. The molecule has 2 N–H and O–H groups in total. The second-order valence-electron chi connectivity index (χ2n) is 3.06. The Hall–Kier alpha value is -0.770. The molecule has 0 spiro atoms. The normalized spacial score (nSPS) is 27.0. The van der Waals surface area contributed by atoms with Crippen LogP contribution in [0, 0.1) is 0 Å². The number of nitrogens with zero attached hydrogens (tertiary/aromatic N) is 2. The van der Waals surface area contributed by atoms with Crippen molar-refractivity contribution in [3.63, 3.8) is 0 Å². The molecule has 1 atom stereocenters. The molecule has 0 bridgehead atoms. The van der Waals surface area contributed by atoms with Gasteiger partial charge in [-0.15, -0.1) is 0 Å². The predicted molar refractivity (Wildman–Crippen MR) is 49.2 cm³/mol. The quantitative estimate of drug-likeness (QED) is 0.413. The Labute approximate surface area is 73.4 Å². The molecule has 1 unspecified atom stereocenters. The number of ether oxygens (including phenoxy) is 1. The molecule has 1 aliphatic heterocycles. The van der Waals surface area contributed by atoms with Gasteiger partial charge in [-0.2, -0.15) is 0 Å². The summed E-state index contributed by atoms with van der Waals surface area (Å²) in [7, 11) is 1.71. The molecule has 0 aliphatic carbocycles. The van der Waals surface area contributed by atoms with Crippen LogP contribution >= 0.6 is 0 Å². The highest BCUT2D eigenvalue weighted by molar-refractivity contribution is 5.77. The SMILES string of the molecule is CN=C(N)N1CCCOC(C)C1. The van der Waals surface area contributed by atoms with E-state index in [4.69, 9.17) is 10.5 Å². The molecular weight excluding hydrogens is 154 g/mol. The fourth-order valence-electron chi connectivity index (χ4n) is 1.34. The van der Waals surface area contributed by atoms with E-state index in [1.165, 1.54) is 0 Å². The van der Waals surface area contributed by atoms with Gasteiger partial charge in [-0.25, -0.2) is 0 Å². The van der Waals surface area contributed by atoms with E-state index in [2.05, 4.69) is 16.8 Å². The molecule has 0 amide bonds. The van der Waals surface area contributed by atoms with Crippen LogP contribution in [0.4, 0.5) is 0 Å². The molecule has 0 aromatic heterocycles. The predicted octanol–water partition coefficient (Wildman–Crippen LogP) is 0.0417. The Morgan fingerprint density at radius 2 is 2.42 bits per heavy atom. The lowest BCUT2D eigenvalue weighted by Gasteiger charge is -2.22. The van der Waals surface area contributed by atoms with Gasteiger partial charge in [0, 0.05) is 26.7 Å². The molecule has 70 valence electrons. The zero-order valence-corrected chi connectivity index (χ0v) is 7.79. The first-order valence-electron chi connectivity index (χ1n) is 4.33. The minimum atomic E-state index is 0.257. The van der Waals surface area contributed by atoms with Crippen molar-refractivity contribution < 1.29 is 4.74 Å².